The molecule has 0 radical (unpaired) electrons. The predicted octanol–water partition coefficient (Wildman–Crippen LogP) is -13.7. The zero-order valence-corrected chi connectivity index (χ0v) is 81.2. The number of nitrogens with one attached hydrogen (secondary N) is 1. The van der Waals surface area contributed by atoms with Crippen molar-refractivity contribution in [1.29, 1.82) is 0 Å². The first kappa shape index (κ1) is 117. The first-order valence-corrected chi connectivity index (χ1v) is 48.6. The van der Waals surface area contributed by atoms with E-state index in [1.807, 2.05) is 0 Å². The Kier molecular flexibility index (Phi) is 37.3. The van der Waals surface area contributed by atoms with Gasteiger partial charge in [0.1, 0.15) is 219 Å². The summed E-state index contributed by atoms with van der Waals surface area (Å²) in [6.07, 6.45) is -97.1. The summed E-state index contributed by atoms with van der Waals surface area (Å²) in [5.41, 5.74) is -9.58. The summed E-state index contributed by atoms with van der Waals surface area (Å²) in [4.78, 5) is 88.6. The van der Waals surface area contributed by atoms with Gasteiger partial charge < -0.3 is 243 Å². The van der Waals surface area contributed by atoms with Gasteiger partial charge in [-0.1, -0.05) is 80.6 Å². The summed E-state index contributed by atoms with van der Waals surface area (Å²) in [6.45, 7) is -2.09. The van der Waals surface area contributed by atoms with E-state index in [0.29, 0.717) is 0 Å². The van der Waals surface area contributed by atoms with Gasteiger partial charge in [-0.2, -0.15) is 0 Å². The molecule has 0 aromatic heterocycles. The second-order valence-electron chi connectivity index (χ2n) is 39.8. The number of hydrogen-bond donors (Lipinski definition) is 28. The molecule has 12 aliphatic rings. The van der Waals surface area contributed by atoms with Crippen LogP contribution in [0.4, 0.5) is 0 Å². The number of hydrogen-bond acceptors (Lipinski definition) is 54. The van der Waals surface area contributed by atoms with Crippen LogP contribution in [-0.2, 0) is 119 Å². The molecule has 9 aliphatic heterocycles. The molecule has 9 heterocycles. The zero-order chi connectivity index (χ0) is 109. The van der Waals surface area contributed by atoms with Crippen molar-refractivity contribution in [2.45, 2.75) is 354 Å². The first-order valence-electron chi connectivity index (χ1n) is 48.6. The van der Waals surface area contributed by atoms with Crippen LogP contribution in [0.5, 0.6) is 0 Å². The molecule has 840 valence electrons. The molecule has 28 N–H and O–H groups in total. The number of esters is 4. The van der Waals surface area contributed by atoms with E-state index < -0.39 is 424 Å². The molecule has 2 bridgehead atoms. The van der Waals surface area contributed by atoms with Crippen molar-refractivity contribution in [2.24, 2.45) is 16.7 Å². The number of carbonyl (C=O) groups is 6. The van der Waals surface area contributed by atoms with Gasteiger partial charge in [0.15, 0.2) is 73.9 Å². The van der Waals surface area contributed by atoms with E-state index >= 15 is 9.59 Å². The standard InChI is InChI=1S/C95H131NO54/c1-33-39(132-83(128)53(108)51(36-16-10-7-11-17-36)96-81(126)37-18-12-8-13-19-37)23-95(129)80(149-82(127)38-20-14-9-15-21-38)78-93(6,79(125)77(131-34(2)105)50(33)92(95,4)5)48(22-49-94(78,32-130-49)150-35(3)106)141-84-63(118)55(110)70(41(25-98)134-84)143-86-65(120)57(112)72(43(27-100)136-86)145-88-67(122)59(114)74(45(29-102)138-88)147-90-69(124)61(116)76(47(31-104)140-90)148-91-68(123)60(115)75(46(30-103)139-91)146-89-66(121)58(113)73(44(28-101)137-89)144-87-64(119)56(111)71(42(26-99)135-87)142-85-62(117)54(109)52(107)40(24-97)133-85/h7-21,39-49,51-78,80,84-91,97-104,107-124,129H,22-32H2,1-6H3,(H,96,126)/t39-,40+,41+,42+,43+,44+,45+,46+,47+,48-,49+,51-,52+,53+,54-,55+,56+,57+,58+,59+,60+,61+,62+,63+,64+,65+,66+,67+,68+,69+,70+,71+,72+,73+,74+,75+,76+,77+,78-,80-,84?,85+,86+,87+,88+,89+,90+,91+,93+,94-,95+/m0/s1. The second kappa shape index (κ2) is 48.0. The molecule has 0 spiro atoms. The number of carbonyl (C=O) groups excluding carboxylic acids is 6. The lowest BCUT2D eigenvalue weighted by Crippen LogP contribution is -2.82. The minimum Gasteiger partial charge on any atom is -0.456 e. The molecule has 55 nitrogen and oxygen atoms in total. The van der Waals surface area contributed by atoms with Crippen LogP contribution >= 0.6 is 0 Å². The molecule has 2 saturated carbocycles. The number of ketones is 1. The smallest absolute Gasteiger partial charge is 0.338 e. The fraction of sp³-hybridized carbons (Fsp3) is 0.726. The first-order chi connectivity index (χ1) is 71.2. The monoisotopic (exact) mass is 2150 g/mol. The Morgan fingerprint density at radius 1 is 0.400 bits per heavy atom. The van der Waals surface area contributed by atoms with Crippen molar-refractivity contribution in [1.82, 2.24) is 5.32 Å². The maximum absolute atomic E-state index is 17.0. The average molecular weight is 2150 g/mol. The number of aliphatic hydroxyl groups is 27. The third kappa shape index (κ3) is 22.2. The summed E-state index contributed by atoms with van der Waals surface area (Å²) in [5.74, 6) is -8.56. The quantitative estimate of drug-likeness (QED) is 0.0150. The number of ether oxygens (including phenoxy) is 21. The summed E-state index contributed by atoms with van der Waals surface area (Å²) < 4.78 is 125. The highest BCUT2D eigenvalue weighted by molar-refractivity contribution is 5.96. The lowest BCUT2D eigenvalue weighted by molar-refractivity contribution is -0.400. The second-order valence-corrected chi connectivity index (χ2v) is 39.8. The largest absolute Gasteiger partial charge is 0.456 e. The maximum atomic E-state index is 17.0. The van der Waals surface area contributed by atoms with Crippen LogP contribution in [0.3, 0.4) is 0 Å². The molecule has 3 aromatic rings. The summed E-state index contributed by atoms with van der Waals surface area (Å²) in [5, 5.41) is 309. The molecule has 15 rings (SSSR count). The lowest BCUT2D eigenvalue weighted by Gasteiger charge is -2.68. The molecule has 9 saturated heterocycles. The Hall–Kier alpha value is -7.34. The van der Waals surface area contributed by atoms with Gasteiger partial charge in [0.2, 0.25) is 0 Å². The van der Waals surface area contributed by atoms with Crippen molar-refractivity contribution in [3.05, 3.63) is 119 Å². The van der Waals surface area contributed by atoms with E-state index in [1.54, 1.807) is 42.5 Å². The van der Waals surface area contributed by atoms with Crippen LogP contribution in [0, 0.1) is 16.7 Å². The van der Waals surface area contributed by atoms with Crippen LogP contribution in [-0.4, -0.2) is 526 Å². The van der Waals surface area contributed by atoms with E-state index in [4.69, 9.17) is 99.5 Å². The fourth-order valence-electron chi connectivity index (χ4n) is 22.1. The topological polar surface area (TPSA) is 854 Å². The third-order valence-electron chi connectivity index (χ3n) is 30.4. The molecule has 3 aromatic carbocycles. The highest BCUT2D eigenvalue weighted by Gasteiger charge is 2.80. The molecule has 51 atom stereocenters. The van der Waals surface area contributed by atoms with Gasteiger partial charge in [-0.25, -0.2) is 9.59 Å². The molecule has 3 aliphatic carbocycles. The van der Waals surface area contributed by atoms with Gasteiger partial charge in [0.25, 0.3) is 5.91 Å². The molecule has 55 heteroatoms. The van der Waals surface area contributed by atoms with Crippen LogP contribution in [0.25, 0.3) is 0 Å². The highest BCUT2D eigenvalue weighted by Crippen LogP contribution is 2.66. The number of Topliss-reactive ketones (excluding diaryl/α,β-unsaturated/α-hetero) is 1. The molecular formula is C95H131NO54. The Balaban J connectivity index is 0.595. The highest BCUT2D eigenvalue weighted by atomic mass is 16.8. The Morgan fingerprint density at radius 2 is 0.720 bits per heavy atom. The van der Waals surface area contributed by atoms with Crippen LogP contribution in [0.2, 0.25) is 0 Å². The summed E-state index contributed by atoms with van der Waals surface area (Å²) in [6, 6.07) is 21.3. The van der Waals surface area contributed by atoms with E-state index in [0.717, 1.165) is 13.8 Å². The fourth-order valence-corrected chi connectivity index (χ4v) is 22.1. The Labute approximate surface area is 852 Å². The number of amides is 1. The maximum Gasteiger partial charge on any atom is 0.338 e. The van der Waals surface area contributed by atoms with E-state index in [-0.39, 0.29) is 27.8 Å². The Bertz CT molecular complexity index is 5030. The van der Waals surface area contributed by atoms with E-state index in [2.05, 4.69) is 5.32 Å². The van der Waals surface area contributed by atoms with Crippen molar-refractivity contribution in [3.63, 3.8) is 0 Å². The van der Waals surface area contributed by atoms with Crippen molar-refractivity contribution in [2.75, 3.05) is 59.5 Å². The van der Waals surface area contributed by atoms with Crippen LogP contribution in [0.1, 0.15) is 86.7 Å². The predicted molar refractivity (Wildman–Crippen MR) is 479 cm³/mol. The van der Waals surface area contributed by atoms with Crippen LogP contribution in [0.15, 0.2) is 102 Å². The van der Waals surface area contributed by atoms with Gasteiger partial charge in [0.05, 0.1) is 88.5 Å². The zero-order valence-electron chi connectivity index (χ0n) is 81.2. The van der Waals surface area contributed by atoms with Gasteiger partial charge >= 0.3 is 23.9 Å². The normalized spacial score (nSPS) is 45.0. The average Bonchev–Trinajstić information content (AvgIpc) is 0.663. The Morgan fingerprint density at radius 3 is 1.04 bits per heavy atom. The van der Waals surface area contributed by atoms with Gasteiger partial charge in [0, 0.05) is 37.7 Å². The van der Waals surface area contributed by atoms with Gasteiger partial charge in [-0.3, -0.25) is 19.2 Å². The molecule has 1 amide bonds. The minimum atomic E-state index is -2.76. The van der Waals surface area contributed by atoms with Gasteiger partial charge in [-0.05, 0) is 54.8 Å². The minimum absolute atomic E-state index is 0.0605. The van der Waals surface area contributed by atoms with Crippen molar-refractivity contribution < 1.29 is 266 Å². The SMILES string of the molecule is CC(=O)O[C@H]1C(=O)[C@]2(C)[C@@H](OC3O[C@H](CO)[C@@H](O[C@H]4O[C@H](CO)[C@@H](O[C@H]5O[C@H](CO)[C@@H](O[C@H]6O[C@H](CO)[C@@H](O[C@H]7O[C@H](CO)[C@@H](O[C@H]8O[C@H](CO)[C@@H](O[C@H]9O[C@H](CO)[C@@H](O[C@H]%10O[C@H](CO)[C@@H](O)[C@H](O)[C@H]%10O)[C@H](O)[C@H]9O)[C@H](O)[C@H]8O)[C@H](O)[C@H]7O)[C@H](O)[C@H]6O)[C@H](O)[C@H]5O)[C@H](O)[C@H]4O)[C@H](O)[C@H]3O)C[C@H]3OC[C@@]3(OC(C)=O)[C@H]2[C@H](OC(=O)c2ccccc2)[C@]2(O)C[C@H](OC(=O)[C@H](O)[C@@H](NC(=O)c3ccccc3)c3ccccc3)C(C)=C1C2(C)C. The lowest BCUT2D eigenvalue weighted by atomic mass is 9.44. The third-order valence-corrected chi connectivity index (χ3v) is 30.4. The molecule has 150 heavy (non-hydrogen) atoms. The van der Waals surface area contributed by atoms with E-state index in [1.165, 1.54) is 76.2 Å². The van der Waals surface area contributed by atoms with Crippen molar-refractivity contribution in [3.8, 4) is 0 Å². The van der Waals surface area contributed by atoms with Crippen molar-refractivity contribution >= 4 is 35.6 Å². The summed E-state index contributed by atoms with van der Waals surface area (Å²) >= 11 is 0. The number of aliphatic hydroxyl groups excluding tert-OH is 26. The molecule has 1 unspecified atom stereocenters. The molecule has 11 fully saturated rings. The van der Waals surface area contributed by atoms with E-state index in [9.17, 15) is 157 Å². The number of rotatable bonds is 34. The van der Waals surface area contributed by atoms with Crippen LogP contribution < -0.4 is 5.32 Å². The number of benzene rings is 3. The van der Waals surface area contributed by atoms with Gasteiger partial charge in [-0.15, -0.1) is 0 Å². The number of fused-ring (bicyclic) bond motifs is 5. The summed E-state index contributed by atoms with van der Waals surface area (Å²) in [7, 11) is 0. The molecular weight excluding hydrogens is 2020 g/mol.